The van der Waals surface area contributed by atoms with Crippen molar-refractivity contribution >= 4 is 39.9 Å². The molecule has 0 radical (unpaired) electrons. The highest BCUT2D eigenvalue weighted by atomic mass is 35.5. The van der Waals surface area contributed by atoms with Gasteiger partial charge in [-0.05, 0) is 26.3 Å². The van der Waals surface area contributed by atoms with E-state index in [0.717, 1.165) is 39.1 Å². The molecule has 0 aliphatic carbocycles. The van der Waals surface area contributed by atoms with Crippen molar-refractivity contribution in [3.05, 3.63) is 35.1 Å². The minimum atomic E-state index is -0.102. The Hall–Kier alpha value is -3.98. The van der Waals surface area contributed by atoms with Crippen LogP contribution in [0.1, 0.15) is 32.8 Å². The smallest absolute Gasteiger partial charge is 0.231 e. The van der Waals surface area contributed by atoms with Gasteiger partial charge in [0, 0.05) is 58.9 Å². The summed E-state index contributed by atoms with van der Waals surface area (Å²) in [5.41, 5.74) is 1.76. The number of carbonyl (C=O) groups is 1. The monoisotopic (exact) mass is 609 g/mol. The average Bonchev–Trinajstić information content (AvgIpc) is 3.47. The number of ether oxygens (including phenoxy) is 5. The summed E-state index contributed by atoms with van der Waals surface area (Å²) in [6, 6.07) is 5.47. The molecule has 0 unspecified atom stereocenters. The van der Waals surface area contributed by atoms with Gasteiger partial charge in [-0.2, -0.15) is 0 Å². The van der Waals surface area contributed by atoms with Crippen LogP contribution in [0.3, 0.4) is 0 Å². The molecular weight excluding hydrogens is 574 g/mol. The molecular formula is C31H36ClN5O6. The summed E-state index contributed by atoms with van der Waals surface area (Å²) < 4.78 is 28.9. The van der Waals surface area contributed by atoms with Gasteiger partial charge in [-0.15, -0.1) is 0 Å². The molecule has 0 atom stereocenters. The predicted molar refractivity (Wildman–Crippen MR) is 164 cm³/mol. The third kappa shape index (κ3) is 7.33. The summed E-state index contributed by atoms with van der Waals surface area (Å²) >= 11 is 6.71. The van der Waals surface area contributed by atoms with Crippen LogP contribution in [-0.2, 0) is 9.53 Å². The summed E-state index contributed by atoms with van der Waals surface area (Å²) in [7, 11) is 1.58. The van der Waals surface area contributed by atoms with E-state index in [0.29, 0.717) is 62.6 Å². The molecule has 0 bridgehead atoms. The fourth-order valence-corrected chi connectivity index (χ4v) is 5.23. The molecule has 12 heteroatoms. The molecule has 1 N–H and O–H groups in total. The van der Waals surface area contributed by atoms with Crippen molar-refractivity contribution in [3.8, 4) is 34.8 Å². The van der Waals surface area contributed by atoms with Gasteiger partial charge in [0.2, 0.25) is 12.7 Å². The number of fused-ring (bicyclic) bond motifs is 2. The number of benzene rings is 2. The number of hydrogen-bond donors (Lipinski definition) is 1. The predicted octanol–water partition coefficient (Wildman–Crippen LogP) is 4.47. The summed E-state index contributed by atoms with van der Waals surface area (Å²) in [5, 5.41) is 4.41. The molecule has 3 aromatic rings. The molecule has 5 rings (SSSR count). The molecule has 0 spiro atoms. The number of anilines is 2. The van der Waals surface area contributed by atoms with Gasteiger partial charge >= 0.3 is 0 Å². The molecule has 2 aliphatic heterocycles. The van der Waals surface area contributed by atoms with E-state index >= 15 is 0 Å². The van der Waals surface area contributed by atoms with E-state index in [4.69, 9.17) is 35.3 Å². The van der Waals surface area contributed by atoms with Crippen molar-refractivity contribution in [2.75, 3.05) is 65.2 Å². The Bertz CT molecular complexity index is 1530. The third-order valence-electron chi connectivity index (χ3n) is 7.02. The lowest BCUT2D eigenvalue weighted by molar-refractivity contribution is -0.130. The fourth-order valence-electron chi connectivity index (χ4n) is 4.99. The Morgan fingerprint density at radius 3 is 2.67 bits per heavy atom. The molecule has 43 heavy (non-hydrogen) atoms. The van der Waals surface area contributed by atoms with Crippen LogP contribution >= 0.6 is 11.6 Å². The van der Waals surface area contributed by atoms with Crippen LogP contribution in [0.5, 0.6) is 23.0 Å². The number of carbonyl (C=O) groups excluding carboxylic acids is 1. The standard InChI is InChI=1S/C31H36ClN5O6/c1-20(2)43-26-17-23(40-14-6-8-36-9-11-37(12-10-36)21(3)38)16-25-27(26)31(34-18-33-25)35-28-24(32)15-22(7-5-13-39-4)29-30(28)42-19-41-29/h15-18,20H,6,8-14,19H2,1-4H3,(H,33,34,35). The second kappa shape index (κ2) is 14.0. The van der Waals surface area contributed by atoms with Crippen molar-refractivity contribution < 1.29 is 28.5 Å². The Balaban J connectivity index is 1.35. The SMILES string of the molecule is COCC#Cc1cc(Cl)c(Nc2ncnc3cc(OCCCN4CCN(C(C)=O)CC4)cc(OC(C)C)c23)c2c1OCO2. The quantitative estimate of drug-likeness (QED) is 0.261. The van der Waals surface area contributed by atoms with E-state index in [1.165, 1.54) is 6.33 Å². The van der Waals surface area contributed by atoms with Gasteiger partial charge < -0.3 is 33.9 Å². The lowest BCUT2D eigenvalue weighted by Gasteiger charge is -2.34. The second-order valence-corrected chi connectivity index (χ2v) is 10.9. The number of methoxy groups -OCH3 is 1. The third-order valence-corrected chi connectivity index (χ3v) is 7.32. The average molecular weight is 610 g/mol. The number of amides is 1. The Morgan fingerprint density at radius 2 is 1.93 bits per heavy atom. The van der Waals surface area contributed by atoms with Gasteiger partial charge in [0.1, 0.15) is 35.9 Å². The summed E-state index contributed by atoms with van der Waals surface area (Å²) in [5.74, 6) is 8.77. The molecule has 2 aromatic carbocycles. The number of aromatic nitrogens is 2. The zero-order valence-corrected chi connectivity index (χ0v) is 25.6. The highest BCUT2D eigenvalue weighted by molar-refractivity contribution is 6.34. The van der Waals surface area contributed by atoms with Crippen LogP contribution in [0.15, 0.2) is 24.5 Å². The first-order valence-corrected chi connectivity index (χ1v) is 14.6. The molecule has 0 saturated carbocycles. The maximum atomic E-state index is 11.6. The summed E-state index contributed by atoms with van der Waals surface area (Å²) in [6.07, 6.45) is 2.23. The maximum absolute atomic E-state index is 11.6. The van der Waals surface area contributed by atoms with Crippen molar-refractivity contribution in [2.45, 2.75) is 33.3 Å². The first-order chi connectivity index (χ1) is 20.8. The normalized spacial score (nSPS) is 14.5. The van der Waals surface area contributed by atoms with Crippen molar-refractivity contribution in [3.63, 3.8) is 0 Å². The molecule has 1 saturated heterocycles. The lowest BCUT2D eigenvalue weighted by Crippen LogP contribution is -2.48. The highest BCUT2D eigenvalue weighted by Crippen LogP contribution is 2.48. The minimum Gasteiger partial charge on any atom is -0.493 e. The number of rotatable bonds is 10. The Kier molecular flexibility index (Phi) is 9.92. The molecule has 3 heterocycles. The fraction of sp³-hybridized carbons (Fsp3) is 0.452. The number of piperazine rings is 1. The number of hydrogen-bond acceptors (Lipinski definition) is 10. The molecule has 1 fully saturated rings. The lowest BCUT2D eigenvalue weighted by atomic mass is 10.1. The van der Waals surface area contributed by atoms with Crippen LogP contribution in [0.2, 0.25) is 5.02 Å². The van der Waals surface area contributed by atoms with Gasteiger partial charge in [-0.1, -0.05) is 23.4 Å². The van der Waals surface area contributed by atoms with Gasteiger partial charge in [0.05, 0.1) is 34.2 Å². The summed E-state index contributed by atoms with van der Waals surface area (Å²) in [4.78, 5) is 24.9. The molecule has 228 valence electrons. The van der Waals surface area contributed by atoms with Crippen LogP contribution in [0, 0.1) is 11.8 Å². The zero-order valence-electron chi connectivity index (χ0n) is 24.9. The van der Waals surface area contributed by atoms with Crippen molar-refractivity contribution in [2.24, 2.45) is 0 Å². The molecule has 1 aromatic heterocycles. The van der Waals surface area contributed by atoms with Crippen LogP contribution in [-0.4, -0.2) is 91.6 Å². The topological polar surface area (TPSA) is 108 Å². The molecule has 2 aliphatic rings. The van der Waals surface area contributed by atoms with E-state index in [2.05, 4.69) is 32.0 Å². The van der Waals surface area contributed by atoms with Crippen molar-refractivity contribution in [1.29, 1.82) is 0 Å². The van der Waals surface area contributed by atoms with Crippen molar-refractivity contribution in [1.82, 2.24) is 19.8 Å². The van der Waals surface area contributed by atoms with E-state index in [1.807, 2.05) is 30.9 Å². The Labute approximate surface area is 256 Å². The Morgan fingerprint density at radius 1 is 1.14 bits per heavy atom. The van der Waals surface area contributed by atoms with Gasteiger partial charge in [0.25, 0.3) is 0 Å². The van der Waals surface area contributed by atoms with Crippen LogP contribution in [0.4, 0.5) is 11.5 Å². The van der Waals surface area contributed by atoms with Gasteiger partial charge in [-0.25, -0.2) is 9.97 Å². The first kappa shape index (κ1) is 30.5. The molecule has 1 amide bonds. The number of nitrogens with one attached hydrogen (secondary N) is 1. The van der Waals surface area contributed by atoms with Crippen LogP contribution < -0.4 is 24.3 Å². The maximum Gasteiger partial charge on any atom is 0.231 e. The van der Waals surface area contributed by atoms with Gasteiger partial charge in [-0.3, -0.25) is 9.69 Å². The minimum absolute atomic E-state index is 0.0465. The number of nitrogens with zero attached hydrogens (tertiary/aromatic N) is 4. The van der Waals surface area contributed by atoms with E-state index in [1.54, 1.807) is 20.1 Å². The second-order valence-electron chi connectivity index (χ2n) is 10.5. The van der Waals surface area contributed by atoms with E-state index in [-0.39, 0.29) is 25.4 Å². The van der Waals surface area contributed by atoms with E-state index < -0.39 is 0 Å². The number of halogens is 1. The first-order valence-electron chi connectivity index (χ1n) is 14.3. The highest BCUT2D eigenvalue weighted by Gasteiger charge is 2.26. The largest absolute Gasteiger partial charge is 0.493 e. The summed E-state index contributed by atoms with van der Waals surface area (Å²) in [6.45, 7) is 10.6. The van der Waals surface area contributed by atoms with Crippen LogP contribution in [0.25, 0.3) is 10.9 Å². The molecule has 11 nitrogen and oxygen atoms in total. The van der Waals surface area contributed by atoms with Gasteiger partial charge in [0.15, 0.2) is 11.5 Å². The zero-order chi connectivity index (χ0) is 30.3. The van der Waals surface area contributed by atoms with E-state index in [9.17, 15) is 4.79 Å².